The lowest BCUT2D eigenvalue weighted by molar-refractivity contribution is -0.132. The van der Waals surface area contributed by atoms with Crippen LogP contribution in [-0.4, -0.2) is 71.6 Å². The summed E-state index contributed by atoms with van der Waals surface area (Å²) in [5.41, 5.74) is 2.57. The highest BCUT2D eigenvalue weighted by Gasteiger charge is 2.26. The molecular weight excluding hydrogens is 528 g/mol. The fourth-order valence-electron chi connectivity index (χ4n) is 4.66. The molecule has 0 radical (unpaired) electrons. The van der Waals surface area contributed by atoms with Gasteiger partial charge in [0, 0.05) is 43.9 Å². The number of benzene rings is 3. The van der Waals surface area contributed by atoms with Crippen LogP contribution in [-0.2, 0) is 11.3 Å². The van der Waals surface area contributed by atoms with Crippen molar-refractivity contribution < 1.29 is 23.1 Å². The van der Waals surface area contributed by atoms with Gasteiger partial charge in [-0.1, -0.05) is 24.3 Å². The van der Waals surface area contributed by atoms with Gasteiger partial charge < -0.3 is 19.4 Å². The van der Waals surface area contributed by atoms with Gasteiger partial charge in [0.25, 0.3) is 5.91 Å². The first kappa shape index (κ1) is 27.7. The molecular formula is C31H29F2N5O3. The molecule has 1 aliphatic heterocycles. The van der Waals surface area contributed by atoms with Crippen LogP contribution in [0.3, 0.4) is 0 Å². The average molecular weight is 558 g/mol. The second-order valence-electron chi connectivity index (χ2n) is 9.67. The number of piperazine rings is 1. The maximum atomic E-state index is 13.4. The molecule has 10 heteroatoms. The highest BCUT2D eigenvalue weighted by atomic mass is 19.1. The molecule has 2 heterocycles. The molecule has 0 unspecified atom stereocenters. The van der Waals surface area contributed by atoms with Gasteiger partial charge in [-0.2, -0.15) is 0 Å². The van der Waals surface area contributed by atoms with Gasteiger partial charge in [-0.25, -0.2) is 8.78 Å². The number of ether oxygens (including phenoxy) is 1. The molecule has 0 N–H and O–H groups in total. The van der Waals surface area contributed by atoms with Crippen LogP contribution in [0.4, 0.5) is 14.6 Å². The third-order valence-electron chi connectivity index (χ3n) is 6.96. The van der Waals surface area contributed by atoms with Gasteiger partial charge in [-0.3, -0.25) is 9.59 Å². The molecule has 5 rings (SSSR count). The Bertz CT molecular complexity index is 1490. The number of hydrogen-bond donors (Lipinski definition) is 0. The minimum absolute atomic E-state index is 0.109. The normalized spacial score (nSPS) is 13.1. The van der Waals surface area contributed by atoms with Crippen LogP contribution < -0.4 is 9.64 Å². The summed E-state index contributed by atoms with van der Waals surface area (Å²) in [6, 6.07) is 22.4. The van der Waals surface area contributed by atoms with Crippen molar-refractivity contribution in [1.82, 2.24) is 20.0 Å². The number of amides is 2. The van der Waals surface area contributed by atoms with E-state index in [1.807, 2.05) is 36.4 Å². The van der Waals surface area contributed by atoms with Crippen LogP contribution in [0.15, 0.2) is 84.9 Å². The predicted octanol–water partition coefficient (Wildman–Crippen LogP) is 4.42. The number of methoxy groups -OCH3 is 1. The van der Waals surface area contributed by atoms with Gasteiger partial charge in [0.2, 0.25) is 5.91 Å². The zero-order valence-electron chi connectivity index (χ0n) is 22.5. The second kappa shape index (κ2) is 12.5. The topological polar surface area (TPSA) is 78.9 Å². The van der Waals surface area contributed by atoms with Gasteiger partial charge >= 0.3 is 0 Å². The molecule has 0 aliphatic carbocycles. The number of halogens is 2. The van der Waals surface area contributed by atoms with Crippen LogP contribution in [0.5, 0.6) is 5.75 Å². The number of carbonyl (C=O) groups excluding carboxylic acids is 2. The Morgan fingerprint density at radius 3 is 2.17 bits per heavy atom. The van der Waals surface area contributed by atoms with Crippen LogP contribution >= 0.6 is 0 Å². The SMILES string of the molecule is COc1cccc(-c2ccc(N3CCN(C(=O)CN(Cc4ccc(F)cc4)C(=O)c4ccc(F)cc4)CC3)nn2)c1. The van der Waals surface area contributed by atoms with Gasteiger partial charge in [-0.15, -0.1) is 10.2 Å². The van der Waals surface area contributed by atoms with E-state index in [0.29, 0.717) is 37.6 Å². The van der Waals surface area contributed by atoms with Gasteiger partial charge in [0.05, 0.1) is 12.8 Å². The lowest BCUT2D eigenvalue weighted by atomic mass is 10.1. The van der Waals surface area contributed by atoms with E-state index in [-0.39, 0.29) is 24.6 Å². The Morgan fingerprint density at radius 1 is 0.854 bits per heavy atom. The van der Waals surface area contributed by atoms with Crippen molar-refractivity contribution in [3.63, 3.8) is 0 Å². The van der Waals surface area contributed by atoms with Crippen molar-refractivity contribution in [1.29, 1.82) is 0 Å². The van der Waals surface area contributed by atoms with Crippen molar-refractivity contribution >= 4 is 17.6 Å². The third-order valence-corrected chi connectivity index (χ3v) is 6.96. The fraction of sp³-hybridized carbons (Fsp3) is 0.226. The minimum atomic E-state index is -0.458. The summed E-state index contributed by atoms with van der Waals surface area (Å²) in [7, 11) is 1.62. The zero-order valence-corrected chi connectivity index (χ0v) is 22.5. The van der Waals surface area contributed by atoms with Crippen LogP contribution in [0, 0.1) is 11.6 Å². The number of nitrogens with zero attached hydrogens (tertiary/aromatic N) is 5. The number of rotatable bonds is 8. The summed E-state index contributed by atoms with van der Waals surface area (Å²) in [4.78, 5) is 31.7. The molecule has 0 bridgehead atoms. The molecule has 3 aromatic carbocycles. The summed E-state index contributed by atoms with van der Waals surface area (Å²) in [6.07, 6.45) is 0. The Balaban J connectivity index is 1.22. The Morgan fingerprint density at radius 2 is 1.54 bits per heavy atom. The van der Waals surface area contributed by atoms with E-state index >= 15 is 0 Å². The largest absolute Gasteiger partial charge is 0.497 e. The first-order valence-electron chi connectivity index (χ1n) is 13.2. The number of aromatic nitrogens is 2. The number of hydrogen-bond acceptors (Lipinski definition) is 6. The Labute approximate surface area is 236 Å². The van der Waals surface area contributed by atoms with Gasteiger partial charge in [0.15, 0.2) is 5.82 Å². The summed E-state index contributed by atoms with van der Waals surface area (Å²) < 4.78 is 32.1. The Hall–Kier alpha value is -4.86. The highest BCUT2D eigenvalue weighted by molar-refractivity contribution is 5.96. The van der Waals surface area contributed by atoms with Crippen molar-refractivity contribution in [2.45, 2.75) is 6.54 Å². The van der Waals surface area contributed by atoms with E-state index in [1.54, 1.807) is 24.1 Å². The van der Waals surface area contributed by atoms with Gasteiger partial charge in [-0.05, 0) is 66.2 Å². The monoisotopic (exact) mass is 557 g/mol. The van der Waals surface area contributed by atoms with E-state index < -0.39 is 17.5 Å². The maximum absolute atomic E-state index is 13.4. The molecule has 210 valence electrons. The van der Waals surface area contributed by atoms with Crippen LogP contribution in [0.2, 0.25) is 0 Å². The molecule has 1 fully saturated rings. The average Bonchev–Trinajstić information content (AvgIpc) is 3.02. The summed E-state index contributed by atoms with van der Waals surface area (Å²) in [5, 5.41) is 8.77. The molecule has 1 aliphatic rings. The van der Waals surface area contributed by atoms with E-state index in [1.165, 1.54) is 41.3 Å². The smallest absolute Gasteiger partial charge is 0.254 e. The van der Waals surface area contributed by atoms with E-state index in [0.717, 1.165) is 17.0 Å². The molecule has 1 saturated heterocycles. The summed E-state index contributed by atoms with van der Waals surface area (Å²) in [5.74, 6) is -0.00809. The second-order valence-corrected chi connectivity index (χ2v) is 9.67. The number of anilines is 1. The van der Waals surface area contributed by atoms with E-state index in [4.69, 9.17) is 4.74 Å². The molecule has 2 amide bonds. The summed E-state index contributed by atoms with van der Waals surface area (Å²) >= 11 is 0. The highest BCUT2D eigenvalue weighted by Crippen LogP contribution is 2.23. The molecule has 41 heavy (non-hydrogen) atoms. The quantitative estimate of drug-likeness (QED) is 0.319. The minimum Gasteiger partial charge on any atom is -0.497 e. The van der Waals surface area contributed by atoms with E-state index in [9.17, 15) is 18.4 Å². The fourth-order valence-corrected chi connectivity index (χ4v) is 4.66. The maximum Gasteiger partial charge on any atom is 0.254 e. The standard InChI is InChI=1S/C31H29F2N5O3/c1-41-27-4-2-3-24(19-27)28-13-14-29(35-34-28)36-15-17-37(18-16-36)30(39)21-38(20-22-5-9-25(32)10-6-22)31(40)23-7-11-26(33)12-8-23/h2-14,19H,15-18,20-21H2,1H3. The Kier molecular flexibility index (Phi) is 8.47. The number of carbonyl (C=O) groups is 2. The third kappa shape index (κ3) is 6.84. The molecule has 8 nitrogen and oxygen atoms in total. The zero-order chi connectivity index (χ0) is 28.8. The molecule has 0 saturated carbocycles. The lowest BCUT2D eigenvalue weighted by Crippen LogP contribution is -2.52. The van der Waals surface area contributed by atoms with Crippen LogP contribution in [0.25, 0.3) is 11.3 Å². The molecule has 4 aromatic rings. The van der Waals surface area contributed by atoms with Crippen molar-refractivity contribution in [3.8, 4) is 17.0 Å². The molecule has 0 spiro atoms. The molecule has 1 aromatic heterocycles. The van der Waals surface area contributed by atoms with E-state index in [2.05, 4.69) is 15.1 Å². The van der Waals surface area contributed by atoms with Crippen molar-refractivity contribution in [2.75, 3.05) is 44.7 Å². The molecule has 0 atom stereocenters. The summed E-state index contributed by atoms with van der Waals surface area (Å²) in [6.45, 7) is 1.96. The first-order valence-corrected chi connectivity index (χ1v) is 13.2. The lowest BCUT2D eigenvalue weighted by Gasteiger charge is -2.36. The van der Waals surface area contributed by atoms with Crippen LogP contribution in [0.1, 0.15) is 15.9 Å². The first-order chi connectivity index (χ1) is 19.9. The predicted molar refractivity (Wildman–Crippen MR) is 150 cm³/mol. The van der Waals surface area contributed by atoms with Crippen molar-refractivity contribution in [2.24, 2.45) is 0 Å². The van der Waals surface area contributed by atoms with Crippen molar-refractivity contribution in [3.05, 3.63) is 108 Å². The van der Waals surface area contributed by atoms with Gasteiger partial charge in [0.1, 0.15) is 23.9 Å².